The topological polar surface area (TPSA) is 167 Å². The maximum absolute atomic E-state index is 14.4. The monoisotopic (exact) mass is 642 g/mol. The summed E-state index contributed by atoms with van der Waals surface area (Å²) in [6.07, 6.45) is 7.57. The second-order valence-corrected chi connectivity index (χ2v) is 10.7. The number of nitrogens with zero attached hydrogens (tertiary/aromatic N) is 1. The molecule has 1 aliphatic rings. The zero-order valence-corrected chi connectivity index (χ0v) is 25.3. The van der Waals surface area contributed by atoms with Gasteiger partial charge in [-0.25, -0.2) is 4.79 Å². The summed E-state index contributed by atoms with van der Waals surface area (Å²) in [5.41, 5.74) is 0. The van der Waals surface area contributed by atoms with Crippen LogP contribution in [0.25, 0.3) is 0 Å². The Kier molecular flexibility index (Phi) is 17.5. The molecule has 1 amide bonds. The third-order valence-corrected chi connectivity index (χ3v) is 7.08. The molecule has 0 radical (unpaired) electrons. The number of amides is 1. The van der Waals surface area contributed by atoms with Crippen LogP contribution in [0.2, 0.25) is 0 Å². The molecule has 14 heteroatoms. The van der Waals surface area contributed by atoms with Gasteiger partial charge in [0.2, 0.25) is 0 Å². The maximum atomic E-state index is 14.4. The zero-order chi connectivity index (χ0) is 32.9. The highest BCUT2D eigenvalue weighted by Gasteiger charge is 2.40. The molecule has 0 unspecified atom stereocenters. The predicted molar refractivity (Wildman–Crippen MR) is 159 cm³/mol. The number of aliphatic hydroxyl groups excluding tert-OH is 2. The Morgan fingerprint density at radius 3 is 2.47 bits per heavy atom. The summed E-state index contributed by atoms with van der Waals surface area (Å²) in [7, 11) is 0. The van der Waals surface area contributed by atoms with Crippen LogP contribution in [0.4, 0.5) is 13.6 Å². The third kappa shape index (κ3) is 16.8. The van der Waals surface area contributed by atoms with Crippen LogP contribution < -0.4 is 10.1 Å². The second kappa shape index (κ2) is 21.0. The SMILES string of the molecule is O=C(CCC/C=C/C[C@@H]1[C@@H](/C=C/C(F)(F)COc2ccccc2)[C@H](O)C[C@@H]1O)OCCNC(=O)OCCCCCCO[N+](=O)[O-]. The molecule has 12 nitrogen and oxygen atoms in total. The molecule has 0 heterocycles. The van der Waals surface area contributed by atoms with Gasteiger partial charge in [-0.3, -0.25) is 4.79 Å². The number of nitrogens with one attached hydrogen (secondary N) is 1. The average Bonchev–Trinajstić information content (AvgIpc) is 3.28. The molecule has 0 bridgehead atoms. The van der Waals surface area contributed by atoms with Crippen LogP contribution in [0.15, 0.2) is 54.6 Å². The van der Waals surface area contributed by atoms with Crippen LogP contribution in [-0.2, 0) is 19.1 Å². The molecule has 2 rings (SSSR count). The molecule has 252 valence electrons. The fourth-order valence-electron chi connectivity index (χ4n) is 4.74. The van der Waals surface area contributed by atoms with E-state index >= 15 is 0 Å². The van der Waals surface area contributed by atoms with Gasteiger partial charge in [-0.05, 0) is 62.7 Å². The van der Waals surface area contributed by atoms with Crippen LogP contribution in [-0.4, -0.2) is 78.5 Å². The summed E-state index contributed by atoms with van der Waals surface area (Å²) in [5, 5.41) is 32.4. The minimum atomic E-state index is -3.25. The number of hydrogen-bond acceptors (Lipinski definition) is 10. The van der Waals surface area contributed by atoms with Crippen molar-refractivity contribution >= 4 is 12.1 Å². The summed E-state index contributed by atoms with van der Waals surface area (Å²) >= 11 is 0. The first-order valence-corrected chi connectivity index (χ1v) is 15.2. The first-order valence-electron chi connectivity index (χ1n) is 15.2. The van der Waals surface area contributed by atoms with Crippen molar-refractivity contribution in [1.82, 2.24) is 5.32 Å². The lowest BCUT2D eigenvalue weighted by Crippen LogP contribution is -2.28. The molecule has 4 atom stereocenters. The van der Waals surface area contributed by atoms with E-state index in [1.165, 1.54) is 6.08 Å². The van der Waals surface area contributed by atoms with Crippen molar-refractivity contribution in [2.75, 3.05) is 33.0 Å². The average molecular weight is 643 g/mol. The first kappa shape index (κ1) is 37.4. The Bertz CT molecular complexity index is 1070. The van der Waals surface area contributed by atoms with Crippen molar-refractivity contribution < 1.29 is 52.7 Å². The summed E-state index contributed by atoms with van der Waals surface area (Å²) in [6.45, 7) is -0.507. The van der Waals surface area contributed by atoms with Crippen molar-refractivity contribution in [2.45, 2.75) is 75.9 Å². The summed E-state index contributed by atoms with van der Waals surface area (Å²) in [5.74, 6) is -4.40. The van der Waals surface area contributed by atoms with Gasteiger partial charge >= 0.3 is 12.1 Å². The van der Waals surface area contributed by atoms with Gasteiger partial charge in [-0.2, -0.15) is 8.78 Å². The second-order valence-electron chi connectivity index (χ2n) is 10.7. The molecule has 1 aliphatic carbocycles. The highest BCUT2D eigenvalue weighted by atomic mass is 19.3. The normalized spacial score (nSPS) is 19.9. The molecule has 0 spiro atoms. The maximum Gasteiger partial charge on any atom is 0.407 e. The van der Waals surface area contributed by atoms with Crippen molar-refractivity contribution in [3.8, 4) is 5.75 Å². The van der Waals surface area contributed by atoms with Gasteiger partial charge in [0.15, 0.2) is 6.61 Å². The molecular weight excluding hydrogens is 598 g/mol. The number of benzene rings is 1. The van der Waals surface area contributed by atoms with Crippen LogP contribution in [0, 0.1) is 22.0 Å². The Morgan fingerprint density at radius 2 is 1.73 bits per heavy atom. The number of aliphatic hydroxyl groups is 2. The molecule has 1 saturated carbocycles. The van der Waals surface area contributed by atoms with E-state index in [1.54, 1.807) is 30.3 Å². The van der Waals surface area contributed by atoms with Crippen LogP contribution in [0.1, 0.15) is 57.8 Å². The van der Waals surface area contributed by atoms with Gasteiger partial charge in [0.1, 0.15) is 12.4 Å². The van der Waals surface area contributed by atoms with Crippen molar-refractivity contribution in [1.29, 1.82) is 0 Å². The first-order chi connectivity index (χ1) is 21.6. The zero-order valence-electron chi connectivity index (χ0n) is 25.3. The standard InChI is InChI=1S/C31H44F2N2O10/c32-31(33,23-44-24-12-6-5-7-13-24)17-16-26-25(27(36)22-28(26)37)14-8-1-2-9-15-29(38)42-21-18-34-30(39)43-19-10-3-4-11-20-45-35(40)41/h1,5-8,12-13,16-17,25-28,36-37H,2-4,9-11,14-15,18-23H2,(H,34,39)/b8-1+,17-16+/t25-,26-,27+,28-/m1/s1. The van der Waals surface area contributed by atoms with E-state index in [0.717, 1.165) is 12.5 Å². The van der Waals surface area contributed by atoms with Crippen molar-refractivity contribution in [3.05, 3.63) is 64.8 Å². The predicted octanol–water partition coefficient (Wildman–Crippen LogP) is 4.77. The number of ether oxygens (including phenoxy) is 3. The number of carbonyl (C=O) groups excluding carboxylic acids is 2. The van der Waals surface area contributed by atoms with Gasteiger partial charge in [0.25, 0.3) is 11.0 Å². The lowest BCUT2D eigenvalue weighted by Gasteiger charge is -2.20. The third-order valence-electron chi connectivity index (χ3n) is 7.08. The quantitative estimate of drug-likeness (QED) is 0.0527. The molecule has 45 heavy (non-hydrogen) atoms. The van der Waals surface area contributed by atoms with Gasteiger partial charge < -0.3 is 34.6 Å². The van der Waals surface area contributed by atoms with Crippen LogP contribution >= 0.6 is 0 Å². The van der Waals surface area contributed by atoms with Gasteiger partial charge in [0, 0.05) is 18.8 Å². The lowest BCUT2D eigenvalue weighted by atomic mass is 9.89. The minimum Gasteiger partial charge on any atom is -0.487 e. The molecule has 1 aromatic carbocycles. The largest absolute Gasteiger partial charge is 0.487 e. The molecular formula is C31H44F2N2O10. The molecule has 0 aliphatic heterocycles. The number of hydrogen-bond donors (Lipinski definition) is 3. The van der Waals surface area contributed by atoms with E-state index < -0.39 is 53.7 Å². The van der Waals surface area contributed by atoms with Gasteiger partial charge in [-0.1, -0.05) is 42.8 Å². The molecule has 0 saturated heterocycles. The number of esters is 1. The van der Waals surface area contributed by atoms with Crippen molar-refractivity contribution in [2.24, 2.45) is 11.8 Å². The van der Waals surface area contributed by atoms with E-state index in [2.05, 4.69) is 10.2 Å². The van der Waals surface area contributed by atoms with E-state index in [1.807, 2.05) is 12.2 Å². The number of para-hydroxylation sites is 1. The number of carbonyl (C=O) groups is 2. The summed E-state index contributed by atoms with van der Waals surface area (Å²) in [6, 6.07) is 8.29. The highest BCUT2D eigenvalue weighted by molar-refractivity contribution is 5.69. The number of halogens is 2. The summed E-state index contributed by atoms with van der Waals surface area (Å²) < 4.78 is 44.0. The van der Waals surface area contributed by atoms with E-state index in [-0.39, 0.29) is 39.2 Å². The highest BCUT2D eigenvalue weighted by Crippen LogP contribution is 2.37. The van der Waals surface area contributed by atoms with Crippen LogP contribution in [0.5, 0.6) is 5.75 Å². The molecule has 0 aromatic heterocycles. The Labute approximate surface area is 261 Å². The fourth-order valence-corrected chi connectivity index (χ4v) is 4.74. The van der Waals surface area contributed by atoms with E-state index in [4.69, 9.17) is 14.2 Å². The molecule has 3 N–H and O–H groups in total. The Hall–Kier alpha value is -3.78. The van der Waals surface area contributed by atoms with Crippen LogP contribution in [0.3, 0.4) is 0 Å². The molecule has 1 fully saturated rings. The summed E-state index contributed by atoms with van der Waals surface area (Å²) in [4.78, 5) is 37.8. The van der Waals surface area contributed by atoms with Crippen molar-refractivity contribution in [3.63, 3.8) is 0 Å². The minimum absolute atomic E-state index is 0.00551. The number of allylic oxidation sites excluding steroid dienone is 2. The Balaban J connectivity index is 1.55. The smallest absolute Gasteiger partial charge is 0.407 e. The van der Waals surface area contributed by atoms with Gasteiger partial charge in [0.05, 0.1) is 32.0 Å². The van der Waals surface area contributed by atoms with E-state index in [9.17, 15) is 38.7 Å². The molecule has 1 aromatic rings. The lowest BCUT2D eigenvalue weighted by molar-refractivity contribution is -0.757. The fraction of sp³-hybridized carbons (Fsp3) is 0.613. The number of unbranched alkanes of at least 4 members (excludes halogenated alkanes) is 4. The number of alkyl halides is 2. The number of alkyl carbamates (subject to hydrolysis) is 1. The van der Waals surface area contributed by atoms with E-state index in [0.29, 0.717) is 44.3 Å². The van der Waals surface area contributed by atoms with Gasteiger partial charge in [-0.15, -0.1) is 10.1 Å². The number of rotatable bonds is 22. The Morgan fingerprint density at radius 1 is 1.00 bits per heavy atom.